The third kappa shape index (κ3) is 2.36. The zero-order valence-electron chi connectivity index (χ0n) is 10.7. The van der Waals surface area contributed by atoms with Crippen LogP contribution in [0.4, 0.5) is 5.69 Å². The van der Waals surface area contributed by atoms with Gasteiger partial charge >= 0.3 is 0 Å². The molecule has 2 N–H and O–H groups in total. The van der Waals surface area contributed by atoms with Gasteiger partial charge in [0.2, 0.25) is 10.0 Å². The molecule has 0 unspecified atom stereocenters. The Balaban J connectivity index is 2.43. The SMILES string of the molecule is CCN(c1ccccc1S(=O)(=O)NC)C1CNC1. The monoisotopic (exact) mass is 269 g/mol. The predicted octanol–water partition coefficient (Wildman–Crippen LogP) is 0.393. The van der Waals surface area contributed by atoms with E-state index in [0.717, 1.165) is 25.3 Å². The molecule has 1 aromatic rings. The number of nitrogens with zero attached hydrogens (tertiary/aromatic N) is 1. The summed E-state index contributed by atoms with van der Waals surface area (Å²) in [6.45, 7) is 4.65. The third-order valence-electron chi connectivity index (χ3n) is 3.27. The lowest BCUT2D eigenvalue weighted by molar-refractivity contribution is 0.416. The van der Waals surface area contributed by atoms with Crippen LogP contribution in [0.2, 0.25) is 0 Å². The Morgan fingerprint density at radius 1 is 1.39 bits per heavy atom. The molecule has 0 saturated carbocycles. The van der Waals surface area contributed by atoms with Gasteiger partial charge in [0.15, 0.2) is 0 Å². The maximum Gasteiger partial charge on any atom is 0.242 e. The first-order valence-electron chi connectivity index (χ1n) is 6.10. The molecule has 1 aromatic carbocycles. The van der Waals surface area contributed by atoms with Crippen molar-refractivity contribution < 1.29 is 8.42 Å². The van der Waals surface area contributed by atoms with Crippen molar-refractivity contribution in [3.8, 4) is 0 Å². The van der Waals surface area contributed by atoms with Crippen molar-refractivity contribution in [2.75, 3.05) is 31.6 Å². The van der Waals surface area contributed by atoms with E-state index in [9.17, 15) is 8.42 Å². The van der Waals surface area contributed by atoms with Crippen LogP contribution in [0, 0.1) is 0 Å². The summed E-state index contributed by atoms with van der Waals surface area (Å²) in [6.07, 6.45) is 0. The molecule has 1 aliphatic rings. The first-order chi connectivity index (χ1) is 8.60. The highest BCUT2D eigenvalue weighted by Gasteiger charge is 2.27. The molecule has 0 bridgehead atoms. The van der Waals surface area contributed by atoms with Gasteiger partial charge in [-0.25, -0.2) is 13.1 Å². The summed E-state index contributed by atoms with van der Waals surface area (Å²) in [5, 5.41) is 3.21. The Labute approximate surface area is 108 Å². The summed E-state index contributed by atoms with van der Waals surface area (Å²) in [7, 11) is -1.98. The molecule has 18 heavy (non-hydrogen) atoms. The van der Waals surface area contributed by atoms with Crippen LogP contribution in [0.3, 0.4) is 0 Å². The van der Waals surface area contributed by atoms with E-state index >= 15 is 0 Å². The van der Waals surface area contributed by atoms with E-state index in [1.807, 2.05) is 19.1 Å². The minimum Gasteiger partial charge on any atom is -0.365 e. The van der Waals surface area contributed by atoms with Crippen LogP contribution >= 0.6 is 0 Å². The van der Waals surface area contributed by atoms with Crippen LogP contribution in [-0.2, 0) is 10.0 Å². The van der Waals surface area contributed by atoms with Crippen LogP contribution < -0.4 is 14.9 Å². The van der Waals surface area contributed by atoms with E-state index in [1.54, 1.807) is 12.1 Å². The highest BCUT2D eigenvalue weighted by Crippen LogP contribution is 2.27. The zero-order chi connectivity index (χ0) is 13.2. The van der Waals surface area contributed by atoms with Crippen molar-refractivity contribution >= 4 is 15.7 Å². The summed E-state index contributed by atoms with van der Waals surface area (Å²) >= 11 is 0. The van der Waals surface area contributed by atoms with E-state index in [2.05, 4.69) is 14.9 Å². The van der Waals surface area contributed by atoms with Gasteiger partial charge in [-0.05, 0) is 26.1 Å². The van der Waals surface area contributed by atoms with Gasteiger partial charge in [0.25, 0.3) is 0 Å². The number of hydrogen-bond donors (Lipinski definition) is 2. The summed E-state index contributed by atoms with van der Waals surface area (Å²) in [6, 6.07) is 7.52. The summed E-state index contributed by atoms with van der Waals surface area (Å²) in [5.41, 5.74) is 0.779. The van der Waals surface area contributed by atoms with Crippen molar-refractivity contribution in [1.82, 2.24) is 10.0 Å². The average molecular weight is 269 g/mol. The predicted molar refractivity (Wildman–Crippen MR) is 72.4 cm³/mol. The molecule has 0 radical (unpaired) electrons. The molecule has 0 atom stereocenters. The van der Waals surface area contributed by atoms with Crippen LogP contribution in [-0.4, -0.2) is 41.1 Å². The molecule has 1 aliphatic heterocycles. The van der Waals surface area contributed by atoms with Crippen molar-refractivity contribution in [1.29, 1.82) is 0 Å². The molecular weight excluding hydrogens is 250 g/mol. The zero-order valence-corrected chi connectivity index (χ0v) is 11.5. The molecule has 100 valence electrons. The van der Waals surface area contributed by atoms with E-state index in [0.29, 0.717) is 10.9 Å². The summed E-state index contributed by atoms with van der Waals surface area (Å²) < 4.78 is 26.4. The van der Waals surface area contributed by atoms with Crippen molar-refractivity contribution in [2.24, 2.45) is 0 Å². The van der Waals surface area contributed by atoms with Gasteiger partial charge in [-0.3, -0.25) is 0 Å². The number of benzene rings is 1. The normalized spacial score (nSPS) is 16.3. The van der Waals surface area contributed by atoms with Gasteiger partial charge in [-0.15, -0.1) is 0 Å². The summed E-state index contributed by atoms with van der Waals surface area (Å²) in [4.78, 5) is 2.49. The minimum atomic E-state index is -3.41. The quantitative estimate of drug-likeness (QED) is 0.812. The second kappa shape index (κ2) is 5.26. The molecule has 0 aliphatic carbocycles. The smallest absolute Gasteiger partial charge is 0.242 e. The summed E-state index contributed by atoms with van der Waals surface area (Å²) in [5.74, 6) is 0. The second-order valence-corrected chi connectivity index (χ2v) is 6.13. The molecule has 5 nitrogen and oxygen atoms in total. The average Bonchev–Trinajstić information content (AvgIpc) is 2.33. The van der Waals surface area contributed by atoms with Gasteiger partial charge < -0.3 is 10.2 Å². The Morgan fingerprint density at radius 3 is 2.56 bits per heavy atom. The van der Waals surface area contributed by atoms with Crippen LogP contribution in [0.5, 0.6) is 0 Å². The lowest BCUT2D eigenvalue weighted by Crippen LogP contribution is -2.57. The first-order valence-corrected chi connectivity index (χ1v) is 7.58. The number of nitrogens with one attached hydrogen (secondary N) is 2. The standard InChI is InChI=1S/C12H19N3O2S/c1-3-15(10-8-14-9-10)11-6-4-5-7-12(11)18(16,17)13-2/h4-7,10,13-14H,3,8-9H2,1-2H3. The highest BCUT2D eigenvalue weighted by molar-refractivity contribution is 7.89. The molecule has 6 heteroatoms. The third-order valence-corrected chi connectivity index (χ3v) is 4.74. The minimum absolute atomic E-state index is 0.348. The van der Waals surface area contributed by atoms with Crippen LogP contribution in [0.15, 0.2) is 29.2 Å². The maximum atomic E-state index is 12.0. The molecule has 1 fully saturated rings. The molecule has 0 aromatic heterocycles. The fourth-order valence-electron chi connectivity index (χ4n) is 2.15. The number of para-hydroxylation sites is 1. The van der Waals surface area contributed by atoms with Gasteiger partial charge in [-0.2, -0.15) is 0 Å². The number of rotatable bonds is 5. The largest absolute Gasteiger partial charge is 0.365 e. The topological polar surface area (TPSA) is 61.4 Å². The van der Waals surface area contributed by atoms with Gasteiger partial charge in [0.05, 0.1) is 11.7 Å². The van der Waals surface area contributed by atoms with Crippen LogP contribution in [0.25, 0.3) is 0 Å². The molecule has 2 rings (SSSR count). The Bertz CT molecular complexity index is 512. The van der Waals surface area contributed by atoms with E-state index in [-0.39, 0.29) is 0 Å². The number of likely N-dealkylation sites (N-methyl/N-ethyl adjacent to an activating group) is 1. The maximum absolute atomic E-state index is 12.0. The van der Waals surface area contributed by atoms with E-state index in [1.165, 1.54) is 7.05 Å². The fraction of sp³-hybridized carbons (Fsp3) is 0.500. The van der Waals surface area contributed by atoms with Crippen molar-refractivity contribution in [2.45, 2.75) is 17.9 Å². The van der Waals surface area contributed by atoms with Crippen molar-refractivity contribution in [3.63, 3.8) is 0 Å². The number of hydrogen-bond acceptors (Lipinski definition) is 4. The first kappa shape index (κ1) is 13.3. The van der Waals surface area contributed by atoms with E-state index in [4.69, 9.17) is 0 Å². The number of sulfonamides is 1. The molecule has 1 heterocycles. The Hall–Kier alpha value is -1.11. The fourth-order valence-corrected chi connectivity index (χ4v) is 3.09. The second-order valence-electron chi connectivity index (χ2n) is 4.27. The van der Waals surface area contributed by atoms with Gasteiger partial charge in [-0.1, -0.05) is 12.1 Å². The Kier molecular flexibility index (Phi) is 3.89. The number of anilines is 1. The Morgan fingerprint density at radius 2 is 2.06 bits per heavy atom. The molecule has 0 amide bonds. The van der Waals surface area contributed by atoms with Crippen LogP contribution in [0.1, 0.15) is 6.92 Å². The van der Waals surface area contributed by atoms with Gasteiger partial charge in [0.1, 0.15) is 4.90 Å². The molecular formula is C12H19N3O2S. The van der Waals surface area contributed by atoms with Gasteiger partial charge in [0, 0.05) is 19.6 Å². The molecule has 0 spiro atoms. The van der Waals surface area contributed by atoms with E-state index < -0.39 is 10.0 Å². The lowest BCUT2D eigenvalue weighted by Gasteiger charge is -2.39. The molecule has 1 saturated heterocycles. The van der Waals surface area contributed by atoms with Crippen molar-refractivity contribution in [3.05, 3.63) is 24.3 Å². The lowest BCUT2D eigenvalue weighted by atomic mass is 10.1. The highest BCUT2D eigenvalue weighted by atomic mass is 32.2.